The van der Waals surface area contributed by atoms with Crippen LogP contribution in [-0.4, -0.2) is 29.1 Å². The van der Waals surface area contributed by atoms with Gasteiger partial charge in [0.15, 0.2) is 0 Å². The van der Waals surface area contributed by atoms with Gasteiger partial charge in [-0.3, -0.25) is 0 Å². The van der Waals surface area contributed by atoms with Gasteiger partial charge in [0.05, 0.1) is 0 Å². The Morgan fingerprint density at radius 3 is 0.878 bits per heavy atom. The molecule has 1 aliphatic heterocycles. The van der Waals surface area contributed by atoms with E-state index in [-0.39, 0.29) is 0 Å². The Balaban J connectivity index is 2.11. The van der Waals surface area contributed by atoms with Crippen LogP contribution in [0.15, 0.2) is 12.4 Å². The second-order valence-electron chi connectivity index (χ2n) is 13.6. The van der Waals surface area contributed by atoms with E-state index in [1.54, 1.807) is 0 Å². The fraction of sp³-hybridized carbons (Fsp3) is 0.949. The molecule has 1 atom stereocenters. The first-order chi connectivity index (χ1) is 20.3. The zero-order chi connectivity index (χ0) is 29.5. The van der Waals surface area contributed by atoms with Gasteiger partial charge in [-0.2, -0.15) is 0 Å². The van der Waals surface area contributed by atoms with Gasteiger partial charge >= 0.3 is 0 Å². The van der Waals surface area contributed by atoms with Gasteiger partial charge < -0.3 is 9.80 Å². The highest BCUT2D eigenvalue weighted by Gasteiger charge is 2.24. The highest BCUT2D eigenvalue weighted by molar-refractivity contribution is 4.97. The molecule has 0 fully saturated rings. The maximum Gasteiger partial charge on any atom is 0.101 e. The molecule has 2 heteroatoms. The van der Waals surface area contributed by atoms with Crippen molar-refractivity contribution in [2.45, 2.75) is 226 Å². The lowest BCUT2D eigenvalue weighted by Gasteiger charge is -2.33. The normalized spacial score (nSPS) is 15.0. The summed E-state index contributed by atoms with van der Waals surface area (Å²) in [5, 5.41) is 0. The first-order valence-electron chi connectivity index (χ1n) is 19.5. The van der Waals surface area contributed by atoms with Gasteiger partial charge in [0, 0.05) is 25.5 Å². The Hall–Kier alpha value is -0.660. The van der Waals surface area contributed by atoms with E-state index in [1.165, 1.54) is 212 Å². The summed E-state index contributed by atoms with van der Waals surface area (Å²) in [4.78, 5) is 5.40. The third-order valence-electron chi connectivity index (χ3n) is 9.57. The van der Waals surface area contributed by atoms with Crippen LogP contribution in [0.1, 0.15) is 220 Å². The molecule has 0 saturated heterocycles. The number of unbranched alkanes of at least 4 members (excludes halogenated alkanes) is 27. The molecule has 1 unspecified atom stereocenters. The third-order valence-corrected chi connectivity index (χ3v) is 9.57. The highest BCUT2D eigenvalue weighted by Crippen LogP contribution is 2.24. The Labute approximate surface area is 260 Å². The van der Waals surface area contributed by atoms with Gasteiger partial charge in [0.2, 0.25) is 0 Å². The lowest BCUT2D eigenvalue weighted by Crippen LogP contribution is -2.39. The van der Waals surface area contributed by atoms with Gasteiger partial charge in [0.25, 0.3) is 0 Å². The average molecular weight is 575 g/mol. The second kappa shape index (κ2) is 30.8. The van der Waals surface area contributed by atoms with Crippen molar-refractivity contribution in [3.63, 3.8) is 0 Å². The molecule has 0 saturated carbocycles. The SMILES string of the molecule is CCCCCCCCCCCCCCCCCN1C=CN(CCCCCC)C1CCCCCCCCCCCCC. The fourth-order valence-corrected chi connectivity index (χ4v) is 6.72. The molecule has 0 N–H and O–H groups in total. The summed E-state index contributed by atoms with van der Waals surface area (Å²) in [5.74, 6) is 0. The number of nitrogens with zero attached hydrogens (tertiary/aromatic N) is 2. The standard InChI is InChI=1S/C39H78N2/c1-4-7-10-13-15-17-19-20-21-22-24-26-28-30-33-36-41-38-37-40(35-32-12-9-6-3)39(41)34-31-29-27-25-23-18-16-14-11-8-5-2/h37-39H,4-36H2,1-3H3. The minimum Gasteiger partial charge on any atom is -0.356 e. The van der Waals surface area contributed by atoms with Crippen molar-refractivity contribution in [2.75, 3.05) is 13.1 Å². The van der Waals surface area contributed by atoms with Crippen molar-refractivity contribution in [2.24, 2.45) is 0 Å². The molecule has 0 bridgehead atoms. The molecule has 244 valence electrons. The van der Waals surface area contributed by atoms with E-state index in [4.69, 9.17) is 0 Å². The number of rotatable bonds is 33. The van der Waals surface area contributed by atoms with Crippen molar-refractivity contribution in [3.8, 4) is 0 Å². The molecule has 1 heterocycles. The average Bonchev–Trinajstić information content (AvgIpc) is 3.37. The van der Waals surface area contributed by atoms with E-state index >= 15 is 0 Å². The fourth-order valence-electron chi connectivity index (χ4n) is 6.72. The second-order valence-corrected chi connectivity index (χ2v) is 13.6. The minimum atomic E-state index is 0.641. The van der Waals surface area contributed by atoms with Crippen LogP contribution in [0.3, 0.4) is 0 Å². The van der Waals surface area contributed by atoms with E-state index in [2.05, 4.69) is 43.0 Å². The minimum absolute atomic E-state index is 0.641. The molecule has 41 heavy (non-hydrogen) atoms. The van der Waals surface area contributed by atoms with Crippen molar-refractivity contribution in [1.29, 1.82) is 0 Å². The molecule has 1 rings (SSSR count). The first-order valence-corrected chi connectivity index (χ1v) is 19.5. The van der Waals surface area contributed by atoms with Crippen molar-refractivity contribution in [3.05, 3.63) is 12.4 Å². The largest absolute Gasteiger partial charge is 0.356 e. The van der Waals surface area contributed by atoms with Crippen LogP contribution < -0.4 is 0 Å². The van der Waals surface area contributed by atoms with Crippen LogP contribution in [0, 0.1) is 0 Å². The van der Waals surface area contributed by atoms with Crippen LogP contribution in [0.25, 0.3) is 0 Å². The Kier molecular flexibility index (Phi) is 28.8. The predicted octanol–water partition coefficient (Wildman–Crippen LogP) is 13.6. The molecule has 1 aliphatic rings. The predicted molar refractivity (Wildman–Crippen MR) is 186 cm³/mol. The number of hydrogen-bond acceptors (Lipinski definition) is 2. The van der Waals surface area contributed by atoms with E-state index in [9.17, 15) is 0 Å². The summed E-state index contributed by atoms with van der Waals surface area (Å²) in [5.41, 5.74) is 0. The van der Waals surface area contributed by atoms with Gasteiger partial charge in [-0.05, 0) is 25.7 Å². The molecule has 0 aromatic heterocycles. The topological polar surface area (TPSA) is 6.48 Å². The molecule has 0 aromatic rings. The molecule has 0 aromatic carbocycles. The van der Waals surface area contributed by atoms with Gasteiger partial charge in [-0.25, -0.2) is 0 Å². The van der Waals surface area contributed by atoms with Crippen LogP contribution in [0.2, 0.25) is 0 Å². The van der Waals surface area contributed by atoms with Crippen molar-refractivity contribution < 1.29 is 0 Å². The van der Waals surface area contributed by atoms with Crippen molar-refractivity contribution >= 4 is 0 Å². The zero-order valence-corrected chi connectivity index (χ0v) is 29.0. The molecule has 0 spiro atoms. The van der Waals surface area contributed by atoms with Gasteiger partial charge in [-0.1, -0.05) is 194 Å². The van der Waals surface area contributed by atoms with Crippen LogP contribution in [0.4, 0.5) is 0 Å². The summed E-state index contributed by atoms with van der Waals surface area (Å²) in [6, 6.07) is 0. The highest BCUT2D eigenvalue weighted by atomic mass is 15.4. The summed E-state index contributed by atoms with van der Waals surface area (Å²) in [7, 11) is 0. The molecule has 0 radical (unpaired) electrons. The molecular weight excluding hydrogens is 496 g/mol. The van der Waals surface area contributed by atoms with E-state index in [0.29, 0.717) is 6.17 Å². The Morgan fingerprint density at radius 1 is 0.317 bits per heavy atom. The van der Waals surface area contributed by atoms with E-state index < -0.39 is 0 Å². The Morgan fingerprint density at radius 2 is 0.561 bits per heavy atom. The van der Waals surface area contributed by atoms with Gasteiger partial charge in [-0.15, -0.1) is 0 Å². The molecule has 0 amide bonds. The van der Waals surface area contributed by atoms with Crippen molar-refractivity contribution in [1.82, 2.24) is 9.80 Å². The third kappa shape index (κ3) is 23.5. The summed E-state index contributed by atoms with van der Waals surface area (Å²) >= 11 is 0. The Bertz CT molecular complexity index is 530. The lowest BCUT2D eigenvalue weighted by atomic mass is 10.0. The van der Waals surface area contributed by atoms with E-state index in [1.807, 2.05) is 0 Å². The zero-order valence-electron chi connectivity index (χ0n) is 29.0. The van der Waals surface area contributed by atoms with Gasteiger partial charge in [0.1, 0.15) is 6.17 Å². The smallest absolute Gasteiger partial charge is 0.101 e. The van der Waals surface area contributed by atoms with Crippen LogP contribution >= 0.6 is 0 Å². The summed E-state index contributed by atoms with van der Waals surface area (Å²) < 4.78 is 0. The van der Waals surface area contributed by atoms with Crippen LogP contribution in [-0.2, 0) is 0 Å². The summed E-state index contributed by atoms with van der Waals surface area (Å²) in [6.07, 6.45) is 50.0. The maximum atomic E-state index is 2.71. The lowest BCUT2D eigenvalue weighted by molar-refractivity contribution is 0.135. The summed E-state index contributed by atoms with van der Waals surface area (Å²) in [6.45, 7) is 9.47. The van der Waals surface area contributed by atoms with E-state index in [0.717, 1.165) is 0 Å². The maximum absolute atomic E-state index is 2.71. The monoisotopic (exact) mass is 575 g/mol. The molecule has 2 nitrogen and oxygen atoms in total. The first kappa shape index (κ1) is 38.4. The molecular formula is C39H78N2. The number of hydrogen-bond donors (Lipinski definition) is 0. The van der Waals surface area contributed by atoms with Crippen LogP contribution in [0.5, 0.6) is 0 Å². The molecule has 0 aliphatic carbocycles. The quantitative estimate of drug-likeness (QED) is 0.0719.